The summed E-state index contributed by atoms with van der Waals surface area (Å²) in [7, 11) is 2.89. The number of nitrogens with one attached hydrogen (secondary N) is 1. The highest BCUT2D eigenvalue weighted by Crippen LogP contribution is 2.36. The first-order valence-corrected chi connectivity index (χ1v) is 7.15. The Hall–Kier alpha value is -1.66. The van der Waals surface area contributed by atoms with Gasteiger partial charge in [0.05, 0.1) is 36.5 Å². The van der Waals surface area contributed by atoms with E-state index in [1.165, 1.54) is 13.4 Å². The third kappa shape index (κ3) is 3.71. The fourth-order valence-corrected chi connectivity index (χ4v) is 2.75. The molecule has 0 radical (unpaired) electrons. The molecule has 0 amide bonds. The molecule has 1 aromatic carbocycles. The molecule has 0 aliphatic rings. The molecule has 1 N–H and O–H groups in total. The lowest BCUT2D eigenvalue weighted by Crippen LogP contribution is -2.02. The number of benzene rings is 1. The van der Waals surface area contributed by atoms with Gasteiger partial charge in [-0.3, -0.25) is 0 Å². The lowest BCUT2D eigenvalue weighted by Gasteiger charge is -2.12. The predicted octanol–water partition coefficient (Wildman–Crippen LogP) is 4.10. The van der Waals surface area contributed by atoms with Gasteiger partial charge in [-0.05, 0) is 34.1 Å². The molecule has 21 heavy (non-hydrogen) atoms. The first-order chi connectivity index (χ1) is 10.0. The third-order valence-corrected chi connectivity index (χ3v) is 3.55. The van der Waals surface area contributed by atoms with Gasteiger partial charge in [0, 0.05) is 5.02 Å². The smallest absolute Gasteiger partial charge is 0.341 e. The fourth-order valence-electron chi connectivity index (χ4n) is 1.78. The number of rotatable bonds is 5. The maximum atomic E-state index is 11.3. The molecule has 0 saturated heterocycles. The van der Waals surface area contributed by atoms with Gasteiger partial charge >= 0.3 is 5.97 Å². The number of hydrogen-bond donors (Lipinski definition) is 1. The van der Waals surface area contributed by atoms with Gasteiger partial charge in [-0.1, -0.05) is 11.6 Å². The van der Waals surface area contributed by atoms with Gasteiger partial charge in [0.15, 0.2) is 5.75 Å². The van der Waals surface area contributed by atoms with Crippen LogP contribution in [0.5, 0.6) is 5.75 Å². The Morgan fingerprint density at radius 1 is 1.38 bits per heavy atom. The highest BCUT2D eigenvalue weighted by atomic mass is 79.9. The number of halogens is 2. The molecule has 0 fully saturated rings. The van der Waals surface area contributed by atoms with Gasteiger partial charge in [-0.15, -0.1) is 0 Å². The first-order valence-electron chi connectivity index (χ1n) is 5.97. The summed E-state index contributed by atoms with van der Waals surface area (Å²) in [5.74, 6) is 0.792. The molecule has 0 spiro atoms. The van der Waals surface area contributed by atoms with E-state index >= 15 is 0 Å². The van der Waals surface area contributed by atoms with E-state index in [4.69, 9.17) is 20.8 Å². The minimum atomic E-state index is -0.437. The zero-order valence-electron chi connectivity index (χ0n) is 11.4. The van der Waals surface area contributed by atoms with Crippen molar-refractivity contribution in [2.45, 2.75) is 6.54 Å². The SMILES string of the molecule is COC(=O)c1coc(CNc2cc(Cl)cc(Br)c2OC)c1. The van der Waals surface area contributed by atoms with E-state index in [0.717, 1.165) is 4.47 Å². The maximum absolute atomic E-state index is 11.3. The second-order valence-corrected chi connectivity index (χ2v) is 5.41. The Kier molecular flexibility index (Phi) is 5.14. The Balaban J connectivity index is 2.13. The summed E-state index contributed by atoms with van der Waals surface area (Å²) in [6, 6.07) is 5.11. The van der Waals surface area contributed by atoms with Gasteiger partial charge in [0.25, 0.3) is 0 Å². The molecule has 2 rings (SSSR count). The molecule has 1 heterocycles. The standard InChI is InChI=1S/C14H13BrClNO4/c1-19-13-11(15)4-9(16)5-12(13)17-6-10-3-8(7-21-10)14(18)20-2/h3-5,7,17H,6H2,1-2H3. The average Bonchev–Trinajstić information content (AvgIpc) is 2.92. The summed E-state index contributed by atoms with van der Waals surface area (Å²) in [6.45, 7) is 0.375. The summed E-state index contributed by atoms with van der Waals surface area (Å²) in [5, 5.41) is 3.72. The average molecular weight is 375 g/mol. The van der Waals surface area contributed by atoms with Crippen LogP contribution >= 0.6 is 27.5 Å². The van der Waals surface area contributed by atoms with Crippen LogP contribution in [0.1, 0.15) is 16.1 Å². The molecule has 5 nitrogen and oxygen atoms in total. The van der Waals surface area contributed by atoms with E-state index in [0.29, 0.717) is 34.3 Å². The van der Waals surface area contributed by atoms with Crippen LogP contribution in [-0.2, 0) is 11.3 Å². The summed E-state index contributed by atoms with van der Waals surface area (Å²) >= 11 is 9.40. The van der Waals surface area contributed by atoms with Crippen LogP contribution in [0.2, 0.25) is 5.02 Å². The Labute approximate surface area is 135 Å². The predicted molar refractivity (Wildman–Crippen MR) is 83.1 cm³/mol. The normalized spacial score (nSPS) is 10.3. The molecular formula is C14H13BrClNO4. The number of ether oxygens (including phenoxy) is 2. The Morgan fingerprint density at radius 2 is 2.14 bits per heavy atom. The number of hydrogen-bond acceptors (Lipinski definition) is 5. The van der Waals surface area contributed by atoms with Crippen molar-refractivity contribution in [1.29, 1.82) is 0 Å². The van der Waals surface area contributed by atoms with E-state index in [1.807, 2.05) is 0 Å². The molecule has 7 heteroatoms. The van der Waals surface area contributed by atoms with E-state index in [9.17, 15) is 4.79 Å². The summed E-state index contributed by atoms with van der Waals surface area (Å²) in [4.78, 5) is 11.3. The van der Waals surface area contributed by atoms with Crippen LogP contribution in [0, 0.1) is 0 Å². The number of esters is 1. The largest absolute Gasteiger partial charge is 0.493 e. The molecule has 0 unspecified atom stereocenters. The van der Waals surface area contributed by atoms with Crippen LogP contribution in [-0.4, -0.2) is 20.2 Å². The topological polar surface area (TPSA) is 60.7 Å². The van der Waals surface area contributed by atoms with E-state index < -0.39 is 5.97 Å². The zero-order chi connectivity index (χ0) is 15.4. The summed E-state index contributed by atoms with van der Waals surface area (Å²) in [5.41, 5.74) is 1.08. The van der Waals surface area contributed by atoms with Crippen LogP contribution in [0.3, 0.4) is 0 Å². The lowest BCUT2D eigenvalue weighted by molar-refractivity contribution is 0.0600. The second-order valence-electron chi connectivity index (χ2n) is 4.12. The van der Waals surface area contributed by atoms with Crippen molar-refractivity contribution in [2.75, 3.05) is 19.5 Å². The molecular weight excluding hydrogens is 362 g/mol. The first kappa shape index (κ1) is 15.7. The van der Waals surface area contributed by atoms with Crippen molar-refractivity contribution in [2.24, 2.45) is 0 Å². The van der Waals surface area contributed by atoms with Crippen LogP contribution in [0.15, 0.2) is 33.4 Å². The molecule has 1 aromatic heterocycles. The summed E-state index contributed by atoms with van der Waals surface area (Å²) in [6.07, 6.45) is 1.36. The fraction of sp³-hybridized carbons (Fsp3) is 0.214. The van der Waals surface area contributed by atoms with Crippen LogP contribution < -0.4 is 10.1 Å². The Morgan fingerprint density at radius 3 is 2.81 bits per heavy atom. The van der Waals surface area contributed by atoms with Gasteiger partial charge in [0.2, 0.25) is 0 Å². The molecule has 0 saturated carbocycles. The minimum Gasteiger partial charge on any atom is -0.493 e. The number of furan rings is 1. The van der Waals surface area contributed by atoms with Gasteiger partial charge in [-0.2, -0.15) is 0 Å². The van der Waals surface area contributed by atoms with E-state index in [1.54, 1.807) is 25.3 Å². The highest BCUT2D eigenvalue weighted by molar-refractivity contribution is 9.10. The molecule has 0 bridgehead atoms. The molecule has 2 aromatic rings. The van der Waals surface area contributed by atoms with Crippen molar-refractivity contribution < 1.29 is 18.7 Å². The molecule has 0 atom stereocenters. The maximum Gasteiger partial charge on any atom is 0.341 e. The van der Waals surface area contributed by atoms with Gasteiger partial charge in [0.1, 0.15) is 12.0 Å². The third-order valence-electron chi connectivity index (χ3n) is 2.74. The zero-order valence-corrected chi connectivity index (χ0v) is 13.7. The second kappa shape index (κ2) is 6.87. The van der Waals surface area contributed by atoms with Crippen molar-refractivity contribution >= 4 is 39.2 Å². The van der Waals surface area contributed by atoms with Crippen molar-refractivity contribution in [3.8, 4) is 5.75 Å². The van der Waals surface area contributed by atoms with Crippen molar-refractivity contribution in [3.05, 3.63) is 45.3 Å². The number of anilines is 1. The minimum absolute atomic E-state index is 0.369. The lowest BCUT2D eigenvalue weighted by atomic mass is 10.2. The molecule has 0 aliphatic carbocycles. The highest BCUT2D eigenvalue weighted by Gasteiger charge is 2.12. The van der Waals surface area contributed by atoms with Gasteiger partial charge in [-0.25, -0.2) is 4.79 Å². The van der Waals surface area contributed by atoms with Crippen LogP contribution in [0.25, 0.3) is 0 Å². The van der Waals surface area contributed by atoms with Crippen molar-refractivity contribution in [1.82, 2.24) is 0 Å². The number of carbonyl (C=O) groups excluding carboxylic acids is 1. The van der Waals surface area contributed by atoms with E-state index in [2.05, 4.69) is 26.0 Å². The molecule has 112 valence electrons. The number of methoxy groups -OCH3 is 2. The Bertz CT molecular complexity index is 656. The van der Waals surface area contributed by atoms with Crippen molar-refractivity contribution in [3.63, 3.8) is 0 Å². The van der Waals surface area contributed by atoms with Gasteiger partial charge < -0.3 is 19.2 Å². The quantitative estimate of drug-likeness (QED) is 0.798. The van der Waals surface area contributed by atoms with E-state index in [-0.39, 0.29) is 0 Å². The summed E-state index contributed by atoms with van der Waals surface area (Å²) < 4.78 is 16.0. The van der Waals surface area contributed by atoms with Crippen LogP contribution in [0.4, 0.5) is 5.69 Å². The molecule has 0 aliphatic heterocycles. The number of carbonyl (C=O) groups is 1. The monoisotopic (exact) mass is 373 g/mol.